The Balaban J connectivity index is 2.16. The van der Waals surface area contributed by atoms with Crippen LogP contribution in [0.3, 0.4) is 0 Å². The van der Waals surface area contributed by atoms with Crippen LogP contribution in [0.15, 0.2) is 36.5 Å². The summed E-state index contributed by atoms with van der Waals surface area (Å²) in [6.07, 6.45) is -1.21. The van der Waals surface area contributed by atoms with E-state index >= 15 is 0 Å². The minimum Gasteiger partial charge on any atom is -0.446 e. The summed E-state index contributed by atoms with van der Waals surface area (Å²) in [5.41, 5.74) is 11.6. The first-order valence-electron chi connectivity index (χ1n) is 9.99. The molecule has 1 unspecified atom stereocenters. The molecular formula is C21H30N6O5. The van der Waals surface area contributed by atoms with E-state index in [1.54, 1.807) is 19.2 Å². The molecule has 32 heavy (non-hydrogen) atoms. The molecule has 2 atom stereocenters. The minimum absolute atomic E-state index is 0.0249. The number of nitrogens with two attached hydrogens (primary N) is 2. The predicted molar refractivity (Wildman–Crippen MR) is 118 cm³/mol. The van der Waals surface area contributed by atoms with Gasteiger partial charge >= 0.3 is 12.2 Å². The van der Waals surface area contributed by atoms with E-state index < -0.39 is 35.7 Å². The Morgan fingerprint density at radius 2 is 1.84 bits per heavy atom. The molecule has 0 bridgehead atoms. The lowest BCUT2D eigenvalue weighted by Gasteiger charge is -2.32. The van der Waals surface area contributed by atoms with Crippen molar-refractivity contribution >= 4 is 29.6 Å². The van der Waals surface area contributed by atoms with Crippen LogP contribution in [-0.4, -0.2) is 40.0 Å². The highest BCUT2D eigenvalue weighted by atomic mass is 16.6. The number of nitrogens with zero attached hydrogens (tertiary/aromatic N) is 2. The van der Waals surface area contributed by atoms with Gasteiger partial charge in [0.15, 0.2) is 0 Å². The van der Waals surface area contributed by atoms with Crippen molar-refractivity contribution in [2.45, 2.75) is 45.9 Å². The molecule has 0 saturated heterocycles. The fourth-order valence-corrected chi connectivity index (χ4v) is 2.83. The highest BCUT2D eigenvalue weighted by Gasteiger charge is 2.34. The lowest BCUT2D eigenvalue weighted by molar-refractivity contribution is -0.119. The second kappa shape index (κ2) is 10.5. The SMILES string of the molecule is Cn1ncc(NC(=O)[C@H](CC(OC(N)=O)C(C)(C)C)NC(=O)OCc2ccccc2)c1N. The van der Waals surface area contributed by atoms with Crippen LogP contribution in [-0.2, 0) is 27.9 Å². The lowest BCUT2D eigenvalue weighted by Crippen LogP contribution is -2.48. The Bertz CT molecular complexity index is 938. The van der Waals surface area contributed by atoms with Gasteiger partial charge in [-0.15, -0.1) is 0 Å². The fraction of sp³-hybridized carbons (Fsp3) is 0.429. The topological polar surface area (TPSA) is 164 Å². The highest BCUT2D eigenvalue weighted by Crippen LogP contribution is 2.27. The van der Waals surface area contributed by atoms with E-state index in [0.29, 0.717) is 0 Å². The predicted octanol–water partition coefficient (Wildman–Crippen LogP) is 2.14. The van der Waals surface area contributed by atoms with E-state index in [1.807, 2.05) is 39.0 Å². The smallest absolute Gasteiger partial charge is 0.408 e. The molecule has 1 aromatic carbocycles. The van der Waals surface area contributed by atoms with Crippen molar-refractivity contribution in [2.75, 3.05) is 11.1 Å². The summed E-state index contributed by atoms with van der Waals surface area (Å²) in [5, 5.41) is 9.14. The molecule has 174 valence electrons. The zero-order valence-electron chi connectivity index (χ0n) is 18.6. The van der Waals surface area contributed by atoms with Crippen LogP contribution in [0, 0.1) is 5.41 Å². The molecule has 0 fully saturated rings. The largest absolute Gasteiger partial charge is 0.446 e. The maximum Gasteiger partial charge on any atom is 0.408 e. The molecular weight excluding hydrogens is 416 g/mol. The van der Waals surface area contributed by atoms with Gasteiger partial charge in [-0.2, -0.15) is 5.10 Å². The van der Waals surface area contributed by atoms with Crippen molar-refractivity contribution < 1.29 is 23.9 Å². The maximum atomic E-state index is 13.0. The maximum absolute atomic E-state index is 13.0. The van der Waals surface area contributed by atoms with Crippen LogP contribution in [0.1, 0.15) is 32.8 Å². The third kappa shape index (κ3) is 7.18. The number of anilines is 2. The zero-order valence-corrected chi connectivity index (χ0v) is 18.6. The third-order valence-electron chi connectivity index (χ3n) is 4.74. The Hall–Kier alpha value is -3.76. The number of nitrogen functional groups attached to an aromatic ring is 1. The first-order valence-corrected chi connectivity index (χ1v) is 9.99. The number of amides is 3. The van der Waals surface area contributed by atoms with Crippen LogP contribution < -0.4 is 22.1 Å². The lowest BCUT2D eigenvalue weighted by atomic mass is 9.85. The average Bonchev–Trinajstić information content (AvgIpc) is 3.03. The van der Waals surface area contributed by atoms with Gasteiger partial charge in [0.1, 0.15) is 30.3 Å². The van der Waals surface area contributed by atoms with E-state index in [-0.39, 0.29) is 24.5 Å². The Labute approximate surface area is 186 Å². The molecule has 2 rings (SSSR count). The minimum atomic E-state index is -1.11. The monoisotopic (exact) mass is 446 g/mol. The summed E-state index contributed by atoms with van der Waals surface area (Å²) in [6, 6.07) is 7.99. The average molecular weight is 447 g/mol. The molecule has 0 saturated carbocycles. The van der Waals surface area contributed by atoms with Crippen molar-refractivity contribution in [3.63, 3.8) is 0 Å². The van der Waals surface area contributed by atoms with Gasteiger partial charge in [-0.1, -0.05) is 51.1 Å². The van der Waals surface area contributed by atoms with E-state index in [9.17, 15) is 14.4 Å². The summed E-state index contributed by atoms with van der Waals surface area (Å²) in [5.74, 6) is -0.340. The quantitative estimate of drug-likeness (QED) is 0.482. The molecule has 11 nitrogen and oxygen atoms in total. The molecule has 0 aliphatic rings. The summed E-state index contributed by atoms with van der Waals surface area (Å²) in [4.78, 5) is 36.8. The highest BCUT2D eigenvalue weighted by molar-refractivity contribution is 5.98. The number of primary amides is 1. The van der Waals surface area contributed by atoms with Crippen LogP contribution >= 0.6 is 0 Å². The van der Waals surface area contributed by atoms with Crippen molar-refractivity contribution in [1.82, 2.24) is 15.1 Å². The Morgan fingerprint density at radius 1 is 1.19 bits per heavy atom. The number of ether oxygens (including phenoxy) is 2. The van der Waals surface area contributed by atoms with Crippen molar-refractivity contribution in [3.8, 4) is 0 Å². The molecule has 11 heteroatoms. The number of rotatable bonds is 8. The summed E-state index contributed by atoms with van der Waals surface area (Å²) in [7, 11) is 1.62. The number of aryl methyl sites for hydroxylation is 1. The van der Waals surface area contributed by atoms with E-state index in [0.717, 1.165) is 5.56 Å². The number of hydrogen-bond donors (Lipinski definition) is 4. The summed E-state index contributed by atoms with van der Waals surface area (Å²) >= 11 is 0. The molecule has 2 aromatic rings. The molecule has 1 aromatic heterocycles. The molecule has 0 aliphatic heterocycles. The van der Waals surface area contributed by atoms with Gasteiger partial charge in [0.05, 0.1) is 6.20 Å². The first-order chi connectivity index (χ1) is 15.0. The summed E-state index contributed by atoms with van der Waals surface area (Å²) in [6.45, 7) is 5.49. The number of aromatic nitrogens is 2. The van der Waals surface area contributed by atoms with Crippen LogP contribution in [0.25, 0.3) is 0 Å². The van der Waals surface area contributed by atoms with Crippen molar-refractivity contribution in [2.24, 2.45) is 18.2 Å². The normalized spacial score (nSPS) is 13.0. The molecule has 0 aliphatic carbocycles. The number of nitrogens with one attached hydrogen (secondary N) is 2. The Morgan fingerprint density at radius 3 is 2.38 bits per heavy atom. The van der Waals surface area contributed by atoms with E-state index in [4.69, 9.17) is 20.9 Å². The van der Waals surface area contributed by atoms with Gasteiger partial charge < -0.3 is 31.6 Å². The van der Waals surface area contributed by atoms with Crippen LogP contribution in [0.2, 0.25) is 0 Å². The van der Waals surface area contributed by atoms with Gasteiger partial charge in [-0.25, -0.2) is 9.59 Å². The van der Waals surface area contributed by atoms with Gasteiger partial charge in [-0.3, -0.25) is 9.48 Å². The van der Waals surface area contributed by atoms with Crippen molar-refractivity contribution in [3.05, 3.63) is 42.1 Å². The number of alkyl carbamates (subject to hydrolysis) is 1. The van der Waals surface area contributed by atoms with Gasteiger partial charge in [0.2, 0.25) is 5.91 Å². The van der Waals surface area contributed by atoms with E-state index in [2.05, 4.69) is 15.7 Å². The fourth-order valence-electron chi connectivity index (χ4n) is 2.83. The van der Waals surface area contributed by atoms with Gasteiger partial charge in [-0.05, 0) is 11.0 Å². The first kappa shape index (κ1) is 24.5. The number of carbonyl (C=O) groups is 3. The van der Waals surface area contributed by atoms with Crippen molar-refractivity contribution in [1.29, 1.82) is 0 Å². The second-order valence-electron chi connectivity index (χ2n) is 8.34. The number of carbonyl (C=O) groups excluding carboxylic acids is 3. The van der Waals surface area contributed by atoms with Gasteiger partial charge in [0, 0.05) is 13.5 Å². The van der Waals surface area contributed by atoms with Crippen LogP contribution in [0.4, 0.5) is 21.1 Å². The van der Waals surface area contributed by atoms with E-state index in [1.165, 1.54) is 10.9 Å². The summed E-state index contributed by atoms with van der Waals surface area (Å²) < 4.78 is 11.8. The molecule has 0 spiro atoms. The Kier molecular flexibility index (Phi) is 8.05. The molecule has 1 heterocycles. The molecule has 3 amide bonds. The standard InChI is InChI=1S/C21H30N6O5/c1-21(2,3)16(32-19(23)29)10-14(18(28)25-15-11-24-27(4)17(15)22)26-20(30)31-12-13-8-6-5-7-9-13/h5-9,11,14,16H,10,12,22H2,1-4H3,(H2,23,29)(H,25,28)(H,26,30)/t14-,16?/m0/s1. The zero-order chi connectivity index (χ0) is 23.9. The number of benzene rings is 1. The molecule has 6 N–H and O–H groups in total. The van der Waals surface area contributed by atoms with Crippen LogP contribution in [0.5, 0.6) is 0 Å². The number of hydrogen-bond acceptors (Lipinski definition) is 7. The van der Waals surface area contributed by atoms with Gasteiger partial charge in [0.25, 0.3) is 0 Å². The second-order valence-corrected chi connectivity index (χ2v) is 8.34. The molecule has 0 radical (unpaired) electrons. The third-order valence-corrected chi connectivity index (χ3v) is 4.74.